The Bertz CT molecular complexity index is 976. The van der Waals surface area contributed by atoms with Gasteiger partial charge in [-0.1, -0.05) is 19.1 Å². The van der Waals surface area contributed by atoms with Gasteiger partial charge in [-0.3, -0.25) is 14.6 Å². The summed E-state index contributed by atoms with van der Waals surface area (Å²) in [6.45, 7) is 2.16. The van der Waals surface area contributed by atoms with Gasteiger partial charge in [0.2, 0.25) is 0 Å². The molecule has 0 aliphatic heterocycles. The highest BCUT2D eigenvalue weighted by Crippen LogP contribution is 2.19. The molecule has 0 aliphatic rings. The molecule has 0 bridgehead atoms. The molecule has 2 heterocycles. The maximum absolute atomic E-state index is 12.5. The molecule has 0 atom stereocenters. The Morgan fingerprint density at radius 3 is 2.65 bits per heavy atom. The van der Waals surface area contributed by atoms with Crippen molar-refractivity contribution >= 4 is 21.6 Å². The van der Waals surface area contributed by atoms with Gasteiger partial charge in [-0.25, -0.2) is 8.42 Å². The standard InChI is InChI=1S/C17H18N4O4S/c1-2-12-5-7-14(8-6-12)26(23,24)21-15-11-19-20-16(15)17(22)18-10-13-4-3-9-25-13/h3-9,11,21H,2,10H2,1H3,(H,18,22)(H,19,20). The molecule has 26 heavy (non-hydrogen) atoms. The molecule has 3 rings (SSSR count). The molecule has 0 fully saturated rings. The smallest absolute Gasteiger partial charge is 0.274 e. The van der Waals surface area contributed by atoms with Crippen molar-refractivity contribution in [1.82, 2.24) is 15.5 Å². The summed E-state index contributed by atoms with van der Waals surface area (Å²) < 4.78 is 32.6. The number of benzene rings is 1. The van der Waals surface area contributed by atoms with Crippen molar-refractivity contribution in [1.29, 1.82) is 0 Å². The second-order valence-electron chi connectivity index (χ2n) is 5.51. The first kappa shape index (κ1) is 17.7. The summed E-state index contributed by atoms with van der Waals surface area (Å²) >= 11 is 0. The lowest BCUT2D eigenvalue weighted by atomic mass is 10.2. The lowest BCUT2D eigenvalue weighted by Gasteiger charge is -2.08. The van der Waals surface area contributed by atoms with Crippen molar-refractivity contribution in [3.05, 3.63) is 65.9 Å². The van der Waals surface area contributed by atoms with Gasteiger partial charge in [0.15, 0.2) is 5.69 Å². The fourth-order valence-electron chi connectivity index (χ4n) is 2.31. The Labute approximate surface area is 150 Å². The van der Waals surface area contributed by atoms with E-state index in [9.17, 15) is 13.2 Å². The number of aromatic nitrogens is 2. The molecule has 2 aromatic heterocycles. The quantitative estimate of drug-likeness (QED) is 0.587. The number of amides is 1. The van der Waals surface area contributed by atoms with Crippen LogP contribution in [0.5, 0.6) is 0 Å². The zero-order valence-corrected chi connectivity index (χ0v) is 14.8. The molecular weight excluding hydrogens is 356 g/mol. The van der Waals surface area contributed by atoms with E-state index in [-0.39, 0.29) is 22.8 Å². The molecule has 136 valence electrons. The second kappa shape index (κ2) is 7.44. The summed E-state index contributed by atoms with van der Waals surface area (Å²) in [6.07, 6.45) is 3.63. The number of aromatic amines is 1. The van der Waals surface area contributed by atoms with Crippen LogP contribution in [-0.4, -0.2) is 24.5 Å². The number of nitrogens with zero attached hydrogens (tertiary/aromatic N) is 1. The van der Waals surface area contributed by atoms with Crippen LogP contribution in [0.25, 0.3) is 0 Å². The first-order chi connectivity index (χ1) is 12.5. The van der Waals surface area contributed by atoms with Crippen LogP contribution in [0.1, 0.15) is 28.7 Å². The van der Waals surface area contributed by atoms with Crippen molar-refractivity contribution in [3.8, 4) is 0 Å². The molecule has 9 heteroatoms. The first-order valence-electron chi connectivity index (χ1n) is 7.95. The average Bonchev–Trinajstić information content (AvgIpc) is 3.31. The molecule has 0 aliphatic carbocycles. The highest BCUT2D eigenvalue weighted by atomic mass is 32.2. The van der Waals surface area contributed by atoms with Crippen molar-refractivity contribution < 1.29 is 17.6 Å². The largest absolute Gasteiger partial charge is 0.467 e. The SMILES string of the molecule is CCc1ccc(S(=O)(=O)Nc2c[nH]nc2C(=O)NCc2ccco2)cc1. The van der Waals surface area contributed by atoms with E-state index in [0.29, 0.717) is 5.76 Å². The van der Waals surface area contributed by atoms with Gasteiger partial charge in [0.05, 0.1) is 23.4 Å². The molecule has 0 saturated heterocycles. The van der Waals surface area contributed by atoms with Gasteiger partial charge in [-0.05, 0) is 36.2 Å². The molecule has 0 unspecified atom stereocenters. The van der Waals surface area contributed by atoms with Gasteiger partial charge in [0.1, 0.15) is 5.76 Å². The normalized spacial score (nSPS) is 11.3. The summed E-state index contributed by atoms with van der Waals surface area (Å²) in [7, 11) is -3.83. The van der Waals surface area contributed by atoms with E-state index >= 15 is 0 Å². The molecule has 1 amide bonds. The van der Waals surface area contributed by atoms with E-state index in [1.165, 1.54) is 24.6 Å². The van der Waals surface area contributed by atoms with Crippen LogP contribution in [-0.2, 0) is 23.0 Å². The fraction of sp³-hybridized carbons (Fsp3) is 0.176. The number of carbonyl (C=O) groups is 1. The van der Waals surface area contributed by atoms with Crippen molar-refractivity contribution in [2.75, 3.05) is 4.72 Å². The highest BCUT2D eigenvalue weighted by molar-refractivity contribution is 7.92. The van der Waals surface area contributed by atoms with Gasteiger partial charge in [-0.2, -0.15) is 5.10 Å². The number of rotatable bonds is 7. The third-order valence-electron chi connectivity index (χ3n) is 3.74. The van der Waals surface area contributed by atoms with Crippen molar-refractivity contribution in [2.45, 2.75) is 24.8 Å². The zero-order chi connectivity index (χ0) is 18.6. The predicted molar refractivity (Wildman–Crippen MR) is 95.1 cm³/mol. The lowest BCUT2D eigenvalue weighted by molar-refractivity contribution is 0.0944. The van der Waals surface area contributed by atoms with Crippen molar-refractivity contribution in [3.63, 3.8) is 0 Å². The predicted octanol–water partition coefficient (Wildman–Crippen LogP) is 2.30. The van der Waals surface area contributed by atoms with Crippen molar-refractivity contribution in [2.24, 2.45) is 0 Å². The zero-order valence-electron chi connectivity index (χ0n) is 14.0. The van der Waals surface area contributed by atoms with E-state index in [0.717, 1.165) is 12.0 Å². The summed E-state index contributed by atoms with van der Waals surface area (Å²) in [5.74, 6) is 0.0497. The van der Waals surface area contributed by atoms with Gasteiger partial charge < -0.3 is 9.73 Å². The molecule has 0 spiro atoms. The summed E-state index contributed by atoms with van der Waals surface area (Å²) in [6, 6.07) is 9.98. The fourth-order valence-corrected chi connectivity index (χ4v) is 3.37. The van der Waals surface area contributed by atoms with E-state index in [4.69, 9.17) is 4.42 Å². The van der Waals surface area contributed by atoms with Gasteiger partial charge in [0.25, 0.3) is 15.9 Å². The summed E-state index contributed by atoms with van der Waals surface area (Å²) in [4.78, 5) is 12.4. The summed E-state index contributed by atoms with van der Waals surface area (Å²) in [5.41, 5.74) is 1.05. The third kappa shape index (κ3) is 3.94. The van der Waals surface area contributed by atoms with Crippen LogP contribution in [0.15, 0.2) is 58.2 Å². The number of sulfonamides is 1. The van der Waals surface area contributed by atoms with Crippen LogP contribution in [0.3, 0.4) is 0 Å². The number of nitrogens with one attached hydrogen (secondary N) is 3. The number of H-pyrrole nitrogens is 1. The molecule has 8 nitrogen and oxygen atoms in total. The van der Waals surface area contributed by atoms with Crippen LogP contribution in [0.2, 0.25) is 0 Å². The Balaban J connectivity index is 1.73. The van der Waals surface area contributed by atoms with Crippen LogP contribution in [0, 0.1) is 0 Å². The Morgan fingerprint density at radius 2 is 2.00 bits per heavy atom. The number of carbonyl (C=O) groups excluding carboxylic acids is 1. The number of furan rings is 1. The maximum atomic E-state index is 12.5. The Kier molecular flexibility index (Phi) is 5.08. The van der Waals surface area contributed by atoms with E-state index < -0.39 is 15.9 Å². The molecular formula is C17H18N4O4S. The molecule has 3 N–H and O–H groups in total. The minimum Gasteiger partial charge on any atom is -0.467 e. The van der Waals surface area contributed by atoms with Gasteiger partial charge in [-0.15, -0.1) is 0 Å². The van der Waals surface area contributed by atoms with Gasteiger partial charge >= 0.3 is 0 Å². The average molecular weight is 374 g/mol. The van der Waals surface area contributed by atoms with E-state index in [2.05, 4.69) is 20.2 Å². The number of hydrogen-bond acceptors (Lipinski definition) is 5. The molecule has 0 saturated carbocycles. The van der Waals surface area contributed by atoms with Crippen LogP contribution in [0.4, 0.5) is 5.69 Å². The number of aryl methyl sites for hydroxylation is 1. The number of hydrogen-bond donors (Lipinski definition) is 3. The van der Waals surface area contributed by atoms with E-state index in [1.807, 2.05) is 6.92 Å². The highest BCUT2D eigenvalue weighted by Gasteiger charge is 2.21. The monoisotopic (exact) mass is 374 g/mol. The topological polar surface area (TPSA) is 117 Å². The molecule has 3 aromatic rings. The van der Waals surface area contributed by atoms with Crippen LogP contribution >= 0.6 is 0 Å². The second-order valence-corrected chi connectivity index (χ2v) is 7.19. The van der Waals surface area contributed by atoms with Gasteiger partial charge in [0, 0.05) is 6.20 Å². The van der Waals surface area contributed by atoms with E-state index in [1.54, 1.807) is 24.3 Å². The minimum atomic E-state index is -3.83. The third-order valence-corrected chi connectivity index (χ3v) is 5.13. The Morgan fingerprint density at radius 1 is 1.23 bits per heavy atom. The maximum Gasteiger partial charge on any atom is 0.274 e. The lowest BCUT2D eigenvalue weighted by Crippen LogP contribution is -2.24. The molecule has 1 aromatic carbocycles. The van der Waals surface area contributed by atoms with Crippen LogP contribution < -0.4 is 10.0 Å². The summed E-state index contributed by atoms with van der Waals surface area (Å²) in [5, 5.41) is 8.95. The number of anilines is 1. The molecule has 0 radical (unpaired) electrons. The Hall–Kier alpha value is -3.07. The first-order valence-corrected chi connectivity index (χ1v) is 9.44. The minimum absolute atomic E-state index is 0.0506.